The number of carbonyl (C=O) groups excluding carboxylic acids is 1. The number of carbonyl (C=O) groups is 1. The Morgan fingerprint density at radius 2 is 1.81 bits per heavy atom. The van der Waals surface area contributed by atoms with Crippen LogP contribution in [0.5, 0.6) is 11.5 Å². The fourth-order valence-corrected chi connectivity index (χ4v) is 3.12. The molecule has 0 atom stereocenters. The molecule has 2 aromatic carbocycles. The molecule has 0 aliphatic heterocycles. The van der Waals surface area contributed by atoms with Gasteiger partial charge in [0.25, 0.3) is 5.91 Å². The molecule has 158 valence electrons. The summed E-state index contributed by atoms with van der Waals surface area (Å²) in [6.07, 6.45) is 2.42. The van der Waals surface area contributed by atoms with E-state index in [0.717, 1.165) is 16.8 Å². The van der Waals surface area contributed by atoms with Crippen LogP contribution >= 0.6 is 0 Å². The van der Waals surface area contributed by atoms with Crippen molar-refractivity contribution in [2.45, 2.75) is 26.5 Å². The predicted molar refractivity (Wildman–Crippen MR) is 121 cm³/mol. The zero-order valence-electron chi connectivity index (χ0n) is 17.9. The van der Waals surface area contributed by atoms with Gasteiger partial charge in [0.15, 0.2) is 11.5 Å². The zero-order valence-corrected chi connectivity index (χ0v) is 17.9. The van der Waals surface area contributed by atoms with Crippen molar-refractivity contribution in [3.8, 4) is 23.3 Å². The van der Waals surface area contributed by atoms with Crippen molar-refractivity contribution in [2.24, 2.45) is 0 Å². The van der Waals surface area contributed by atoms with Gasteiger partial charge in [0.05, 0.1) is 7.11 Å². The molecule has 0 saturated heterocycles. The highest BCUT2D eigenvalue weighted by atomic mass is 16.5. The van der Waals surface area contributed by atoms with Crippen molar-refractivity contribution < 1.29 is 14.3 Å². The molecule has 0 saturated carbocycles. The molecule has 0 fully saturated rings. The summed E-state index contributed by atoms with van der Waals surface area (Å²) >= 11 is 0. The molecule has 31 heavy (non-hydrogen) atoms. The van der Waals surface area contributed by atoms with Gasteiger partial charge in [-0.05, 0) is 48.2 Å². The van der Waals surface area contributed by atoms with E-state index in [0.29, 0.717) is 37.6 Å². The fraction of sp³-hybridized carbons (Fsp3) is 0.231. The van der Waals surface area contributed by atoms with Gasteiger partial charge in [-0.2, -0.15) is 0 Å². The summed E-state index contributed by atoms with van der Waals surface area (Å²) < 4.78 is 11.5. The Kier molecular flexibility index (Phi) is 8.07. The Morgan fingerprint density at radius 3 is 2.52 bits per heavy atom. The van der Waals surface area contributed by atoms with Gasteiger partial charge in [-0.3, -0.25) is 9.78 Å². The van der Waals surface area contributed by atoms with E-state index in [1.54, 1.807) is 25.1 Å². The van der Waals surface area contributed by atoms with E-state index in [1.165, 1.54) is 0 Å². The maximum atomic E-state index is 12.5. The van der Waals surface area contributed by atoms with Gasteiger partial charge in [-0.1, -0.05) is 48.4 Å². The molecule has 3 rings (SSSR count). The van der Waals surface area contributed by atoms with Crippen LogP contribution < -0.4 is 9.47 Å². The second-order valence-corrected chi connectivity index (χ2v) is 6.93. The summed E-state index contributed by atoms with van der Waals surface area (Å²) in [6, 6.07) is 21.5. The number of ether oxygens (including phenoxy) is 2. The van der Waals surface area contributed by atoms with E-state index in [4.69, 9.17) is 9.47 Å². The van der Waals surface area contributed by atoms with Crippen LogP contribution in [0.1, 0.15) is 23.7 Å². The molecule has 0 radical (unpaired) electrons. The summed E-state index contributed by atoms with van der Waals surface area (Å²) in [4.78, 5) is 18.6. The molecule has 0 spiro atoms. The van der Waals surface area contributed by atoms with Crippen LogP contribution in [0.2, 0.25) is 0 Å². The molecule has 5 nitrogen and oxygen atoms in total. The van der Waals surface area contributed by atoms with Gasteiger partial charge in [-0.15, -0.1) is 0 Å². The average molecular weight is 415 g/mol. The predicted octanol–water partition coefficient (Wildman–Crippen LogP) is 4.26. The average Bonchev–Trinajstić information content (AvgIpc) is 2.82. The third-order valence-electron chi connectivity index (χ3n) is 4.72. The first-order chi connectivity index (χ1) is 15.2. The van der Waals surface area contributed by atoms with E-state index < -0.39 is 0 Å². The van der Waals surface area contributed by atoms with Crippen molar-refractivity contribution in [1.29, 1.82) is 0 Å². The molecule has 0 aliphatic carbocycles. The lowest BCUT2D eigenvalue weighted by molar-refractivity contribution is -0.125. The van der Waals surface area contributed by atoms with Crippen molar-refractivity contribution in [2.75, 3.05) is 13.7 Å². The molecule has 1 aromatic heterocycles. The van der Waals surface area contributed by atoms with Gasteiger partial charge in [0.2, 0.25) is 0 Å². The van der Waals surface area contributed by atoms with E-state index in [-0.39, 0.29) is 5.91 Å². The van der Waals surface area contributed by atoms with Crippen molar-refractivity contribution in [1.82, 2.24) is 9.88 Å². The van der Waals surface area contributed by atoms with Crippen LogP contribution in [-0.4, -0.2) is 29.4 Å². The number of rotatable bonds is 9. The summed E-state index contributed by atoms with van der Waals surface area (Å²) in [5, 5.41) is 0. The molecule has 1 amide bonds. The van der Waals surface area contributed by atoms with Crippen molar-refractivity contribution >= 4 is 5.91 Å². The summed E-state index contributed by atoms with van der Waals surface area (Å²) in [7, 11) is 1.61. The summed E-state index contributed by atoms with van der Waals surface area (Å²) in [5.74, 6) is 6.42. The monoisotopic (exact) mass is 414 g/mol. The van der Waals surface area contributed by atoms with Gasteiger partial charge in [0, 0.05) is 31.4 Å². The zero-order chi connectivity index (χ0) is 21.9. The van der Waals surface area contributed by atoms with Gasteiger partial charge < -0.3 is 14.4 Å². The van der Waals surface area contributed by atoms with Crippen LogP contribution in [-0.2, 0) is 24.4 Å². The maximum absolute atomic E-state index is 12.5. The fourth-order valence-electron chi connectivity index (χ4n) is 3.12. The van der Waals surface area contributed by atoms with Crippen LogP contribution in [0.3, 0.4) is 0 Å². The molecule has 0 N–H and O–H groups in total. The number of hydrogen-bond acceptors (Lipinski definition) is 4. The third-order valence-corrected chi connectivity index (χ3v) is 4.72. The normalized spacial score (nSPS) is 10.0. The second kappa shape index (κ2) is 11.4. The van der Waals surface area contributed by atoms with Crippen LogP contribution in [0.15, 0.2) is 72.9 Å². The molecule has 5 heteroatoms. The molecule has 1 heterocycles. The molecular weight excluding hydrogens is 388 g/mol. The first kappa shape index (κ1) is 21.9. The minimum Gasteiger partial charge on any atom is -0.493 e. The number of pyridine rings is 1. The van der Waals surface area contributed by atoms with E-state index in [9.17, 15) is 4.79 Å². The molecule has 0 unspecified atom stereocenters. The highest BCUT2D eigenvalue weighted by molar-refractivity contribution is 5.93. The smallest absolute Gasteiger partial charge is 0.298 e. The standard InChI is InChI=1S/C26H26N2O3/c1-3-9-26(29)28(17-15-23-12-7-8-16-27-23)19-22-13-14-24(25(18-22)30-2)31-20-21-10-5-4-6-11-21/h4-8,10-14,16,18H,15,17,19-20H2,1-2H3. The highest BCUT2D eigenvalue weighted by Gasteiger charge is 2.14. The number of nitrogens with zero attached hydrogens (tertiary/aromatic N) is 2. The van der Waals surface area contributed by atoms with E-state index in [2.05, 4.69) is 16.8 Å². The number of amides is 1. The largest absolute Gasteiger partial charge is 0.493 e. The topological polar surface area (TPSA) is 51.7 Å². The van der Waals surface area contributed by atoms with Crippen molar-refractivity contribution in [3.63, 3.8) is 0 Å². The van der Waals surface area contributed by atoms with Crippen LogP contribution in [0.4, 0.5) is 0 Å². The van der Waals surface area contributed by atoms with Crippen LogP contribution in [0, 0.1) is 11.8 Å². The Morgan fingerprint density at radius 1 is 1.00 bits per heavy atom. The molecule has 3 aromatic rings. The molecule has 0 bridgehead atoms. The number of hydrogen-bond donors (Lipinski definition) is 0. The highest BCUT2D eigenvalue weighted by Crippen LogP contribution is 2.29. The molecular formula is C26H26N2O3. The lowest BCUT2D eigenvalue weighted by Gasteiger charge is -2.21. The quantitative estimate of drug-likeness (QED) is 0.491. The Labute approximate surface area is 183 Å². The maximum Gasteiger partial charge on any atom is 0.298 e. The third kappa shape index (κ3) is 6.61. The minimum absolute atomic E-state index is 0.207. The Balaban J connectivity index is 1.70. The van der Waals surface area contributed by atoms with Gasteiger partial charge >= 0.3 is 0 Å². The van der Waals surface area contributed by atoms with Gasteiger partial charge in [0.1, 0.15) is 6.61 Å². The summed E-state index contributed by atoms with van der Waals surface area (Å²) in [5.41, 5.74) is 2.96. The summed E-state index contributed by atoms with van der Waals surface area (Å²) in [6.45, 7) is 3.07. The Hall–Kier alpha value is -3.78. The van der Waals surface area contributed by atoms with Crippen LogP contribution in [0.25, 0.3) is 0 Å². The van der Waals surface area contributed by atoms with E-state index >= 15 is 0 Å². The number of aromatic nitrogens is 1. The first-order valence-corrected chi connectivity index (χ1v) is 10.1. The van der Waals surface area contributed by atoms with Gasteiger partial charge in [-0.25, -0.2) is 0 Å². The lowest BCUT2D eigenvalue weighted by Crippen LogP contribution is -2.31. The second-order valence-electron chi connectivity index (χ2n) is 6.93. The number of methoxy groups -OCH3 is 1. The number of benzene rings is 2. The minimum atomic E-state index is -0.207. The Bertz CT molecular complexity index is 1040. The van der Waals surface area contributed by atoms with Crippen molar-refractivity contribution in [3.05, 3.63) is 89.7 Å². The van der Waals surface area contributed by atoms with E-state index in [1.807, 2.05) is 66.7 Å². The SMILES string of the molecule is CC#CC(=O)N(CCc1ccccn1)Cc1ccc(OCc2ccccc2)c(OC)c1. The lowest BCUT2D eigenvalue weighted by atomic mass is 10.1. The molecule has 0 aliphatic rings. The first-order valence-electron chi connectivity index (χ1n) is 10.1.